The van der Waals surface area contributed by atoms with Crippen molar-refractivity contribution in [3.8, 4) is 12.3 Å². The van der Waals surface area contributed by atoms with Gasteiger partial charge in [-0.05, 0) is 62.0 Å². The van der Waals surface area contributed by atoms with Crippen LogP contribution in [0.4, 0.5) is 0 Å². The minimum atomic E-state index is -2.91. The third-order valence-corrected chi connectivity index (χ3v) is 7.34. The number of benzene rings is 2. The molecule has 3 rings (SSSR count). The van der Waals surface area contributed by atoms with E-state index in [2.05, 4.69) is 64.8 Å². The number of amides is 2. The van der Waals surface area contributed by atoms with E-state index in [1.165, 1.54) is 20.6 Å². The number of nitrogens with one attached hydrogen (secondary N) is 2. The largest absolute Gasteiger partial charge is 0.346 e. The first-order chi connectivity index (χ1) is 16.8. The molecule has 1 heterocycles. The molecule has 1 saturated heterocycles. The lowest BCUT2D eigenvalue weighted by Gasteiger charge is -2.37. The van der Waals surface area contributed by atoms with Gasteiger partial charge in [0.2, 0.25) is 22.7 Å². The van der Waals surface area contributed by atoms with Crippen molar-refractivity contribution in [2.24, 2.45) is 5.92 Å². The van der Waals surface area contributed by atoms with Gasteiger partial charge in [-0.1, -0.05) is 48.4 Å². The Bertz CT molecular complexity index is 1140. The molecule has 0 radical (unpaired) electrons. The number of rotatable bonds is 10. The van der Waals surface area contributed by atoms with E-state index in [1.54, 1.807) is 6.92 Å². The molecule has 0 aromatic heterocycles. The van der Waals surface area contributed by atoms with E-state index < -0.39 is 28.7 Å². The summed E-state index contributed by atoms with van der Waals surface area (Å²) in [4.78, 5) is 26.4. The molecule has 2 aromatic carbocycles. The lowest BCUT2D eigenvalue weighted by molar-refractivity contribution is -0.126. The van der Waals surface area contributed by atoms with Gasteiger partial charge >= 0.3 is 0 Å². The summed E-state index contributed by atoms with van der Waals surface area (Å²) in [6.45, 7) is 5.33. The van der Waals surface area contributed by atoms with E-state index in [4.69, 9.17) is 6.42 Å². The molecule has 2 unspecified atom stereocenters. The van der Waals surface area contributed by atoms with Gasteiger partial charge < -0.3 is 10.6 Å². The number of likely N-dealkylation sites (tertiary alicyclic amines) is 1. The predicted octanol–water partition coefficient (Wildman–Crippen LogP) is 1.70. The first-order valence-corrected chi connectivity index (χ1v) is 13.0. The van der Waals surface area contributed by atoms with Crippen LogP contribution in [-0.2, 0) is 20.5 Å². The quantitative estimate of drug-likeness (QED) is 0.342. The molecule has 0 spiro atoms. The van der Waals surface area contributed by atoms with E-state index in [0.717, 1.165) is 25.9 Å². The predicted molar refractivity (Wildman–Crippen MR) is 138 cm³/mol. The van der Waals surface area contributed by atoms with Gasteiger partial charge in [-0.2, -0.15) is 4.31 Å². The summed E-state index contributed by atoms with van der Waals surface area (Å²) in [5.74, 6) is 1.60. The fourth-order valence-electron chi connectivity index (χ4n) is 4.56. The smallest absolute Gasteiger partial charge is 0.240 e. The number of fused-ring (bicyclic) bond motifs is 1. The van der Waals surface area contributed by atoms with Crippen LogP contribution in [0.1, 0.15) is 38.3 Å². The molecule has 35 heavy (non-hydrogen) atoms. The molecule has 1 aliphatic heterocycles. The first kappa shape index (κ1) is 26.7. The highest BCUT2D eigenvalue weighted by Crippen LogP contribution is 2.31. The van der Waals surface area contributed by atoms with Crippen LogP contribution in [0.25, 0.3) is 10.8 Å². The van der Waals surface area contributed by atoms with Gasteiger partial charge in [-0.15, -0.1) is 6.42 Å². The van der Waals surface area contributed by atoms with Gasteiger partial charge in [0.05, 0.1) is 19.1 Å². The number of thiol groups is 1. The monoisotopic (exact) mass is 498 g/mol. The van der Waals surface area contributed by atoms with Crippen LogP contribution in [0.2, 0.25) is 0 Å². The number of hydrogen-bond acceptors (Lipinski definition) is 5. The summed E-state index contributed by atoms with van der Waals surface area (Å²) in [6, 6.07) is 14.6. The number of hydrogen-bond donors (Lipinski definition) is 3. The van der Waals surface area contributed by atoms with E-state index in [0.29, 0.717) is 6.54 Å². The van der Waals surface area contributed by atoms with Crippen LogP contribution in [0.5, 0.6) is 0 Å². The van der Waals surface area contributed by atoms with Crippen LogP contribution >= 0.6 is 0 Å². The first-order valence-electron chi connectivity index (χ1n) is 11.9. The maximum absolute atomic E-state index is 12.2. The third kappa shape index (κ3) is 7.52. The summed E-state index contributed by atoms with van der Waals surface area (Å²) < 4.78 is 24.7. The fraction of sp³-hybridized carbons (Fsp3) is 0.462. The van der Waals surface area contributed by atoms with Crippen molar-refractivity contribution >= 4 is 33.5 Å². The van der Waals surface area contributed by atoms with Gasteiger partial charge in [0, 0.05) is 12.6 Å². The molecule has 1 aliphatic rings. The number of carbonyl (C=O) groups is 2. The summed E-state index contributed by atoms with van der Waals surface area (Å²) in [6.07, 6.45) is 6.91. The van der Waals surface area contributed by atoms with Crippen molar-refractivity contribution < 1.29 is 18.0 Å². The topological polar surface area (TPSA) is 98.8 Å². The van der Waals surface area contributed by atoms with Crippen molar-refractivity contribution in [1.29, 1.82) is 0 Å². The molecule has 2 atom stereocenters. The van der Waals surface area contributed by atoms with Crippen LogP contribution < -0.4 is 10.6 Å². The van der Waals surface area contributed by atoms with Crippen molar-refractivity contribution in [2.45, 2.75) is 38.8 Å². The average molecular weight is 499 g/mol. The fourth-order valence-corrected chi connectivity index (χ4v) is 5.16. The van der Waals surface area contributed by atoms with E-state index >= 15 is 0 Å². The highest BCUT2D eigenvalue weighted by molar-refractivity contribution is 7.69. The second-order valence-electron chi connectivity index (χ2n) is 9.04. The SMILES string of the molecule is C#CC(C)NC(=O)CNC(=O)CN(CC1CCN(C(C)c2cccc3ccccc23)CC1)[SH](=O)=O. The van der Waals surface area contributed by atoms with Gasteiger partial charge in [-0.3, -0.25) is 14.5 Å². The molecule has 9 heteroatoms. The molecule has 0 bridgehead atoms. The van der Waals surface area contributed by atoms with Gasteiger partial charge in [-0.25, -0.2) is 8.42 Å². The summed E-state index contributed by atoms with van der Waals surface area (Å²) in [5, 5.41) is 7.47. The zero-order chi connectivity index (χ0) is 25.4. The summed E-state index contributed by atoms with van der Waals surface area (Å²) >= 11 is 0. The maximum Gasteiger partial charge on any atom is 0.240 e. The van der Waals surface area contributed by atoms with Crippen molar-refractivity contribution in [2.75, 3.05) is 32.7 Å². The van der Waals surface area contributed by atoms with Crippen molar-refractivity contribution in [3.63, 3.8) is 0 Å². The Morgan fingerprint density at radius 3 is 2.49 bits per heavy atom. The highest BCUT2D eigenvalue weighted by atomic mass is 32.2. The van der Waals surface area contributed by atoms with Gasteiger partial charge in [0.15, 0.2) is 0 Å². The van der Waals surface area contributed by atoms with Gasteiger partial charge in [0.25, 0.3) is 0 Å². The number of piperidine rings is 1. The lowest BCUT2D eigenvalue weighted by Crippen LogP contribution is -2.45. The zero-order valence-corrected chi connectivity index (χ0v) is 21.2. The number of nitrogens with zero attached hydrogens (tertiary/aromatic N) is 2. The molecule has 0 saturated carbocycles. The Balaban J connectivity index is 1.50. The molecule has 188 valence electrons. The second kappa shape index (κ2) is 12.7. The third-order valence-electron chi connectivity index (χ3n) is 6.57. The maximum atomic E-state index is 12.2. The standard InChI is InChI=1S/C26H34N4O4S/c1-4-19(2)28-25(31)16-27-26(32)18-30(35(33)34)17-21-12-14-29(15-13-21)20(3)23-11-7-9-22-8-5-6-10-24(22)23/h1,5-11,19-21,35H,12-18H2,2-3H3,(H,27,32)(H,28,31). The van der Waals surface area contributed by atoms with Crippen LogP contribution in [0, 0.1) is 18.3 Å². The molecular formula is C26H34N4O4S. The number of carbonyl (C=O) groups excluding carboxylic acids is 2. The molecule has 2 amide bonds. The number of terminal acetylenes is 1. The Labute approximate surface area is 209 Å². The van der Waals surface area contributed by atoms with Crippen LogP contribution in [0.15, 0.2) is 42.5 Å². The highest BCUT2D eigenvalue weighted by Gasteiger charge is 2.27. The Kier molecular flexibility index (Phi) is 9.66. The van der Waals surface area contributed by atoms with Crippen LogP contribution in [-0.4, -0.2) is 68.2 Å². The lowest BCUT2D eigenvalue weighted by atomic mass is 9.93. The molecule has 2 aromatic rings. The van der Waals surface area contributed by atoms with Crippen molar-refractivity contribution in [3.05, 3.63) is 48.0 Å². The van der Waals surface area contributed by atoms with Crippen LogP contribution in [0.3, 0.4) is 0 Å². The normalized spacial score (nSPS) is 16.7. The summed E-state index contributed by atoms with van der Waals surface area (Å²) in [7, 11) is -2.91. The van der Waals surface area contributed by atoms with E-state index in [-0.39, 0.29) is 25.0 Å². The van der Waals surface area contributed by atoms with E-state index in [1.807, 2.05) is 6.07 Å². The second-order valence-corrected chi connectivity index (χ2v) is 10.1. The molecule has 1 fully saturated rings. The minimum Gasteiger partial charge on any atom is -0.346 e. The minimum absolute atomic E-state index is 0.173. The Morgan fingerprint density at radius 2 is 1.80 bits per heavy atom. The van der Waals surface area contributed by atoms with E-state index in [9.17, 15) is 18.0 Å². The molecular weight excluding hydrogens is 464 g/mol. The Hall–Kier alpha value is -2.93. The molecule has 2 N–H and O–H groups in total. The molecule has 0 aliphatic carbocycles. The zero-order valence-electron chi connectivity index (χ0n) is 20.3. The summed E-state index contributed by atoms with van der Waals surface area (Å²) in [5.41, 5.74) is 1.29. The van der Waals surface area contributed by atoms with Gasteiger partial charge in [0.1, 0.15) is 0 Å². The average Bonchev–Trinajstić information content (AvgIpc) is 2.86. The Morgan fingerprint density at radius 1 is 1.11 bits per heavy atom. The van der Waals surface area contributed by atoms with Crippen molar-refractivity contribution in [1.82, 2.24) is 19.8 Å². The molecule has 8 nitrogen and oxygen atoms in total.